The molecule has 0 aliphatic carbocycles. The SMILES string of the molecule is COC(=O)C(Cc1ccc(OC)cc1)NC(=O)C1CN(C(=O)NC(C)C)CCN1C(=O)NC(C)C. The lowest BCUT2D eigenvalue weighted by molar-refractivity contribution is -0.145. The summed E-state index contributed by atoms with van der Waals surface area (Å²) in [6, 6.07) is 4.21. The molecule has 5 amide bonds. The predicted octanol–water partition coefficient (Wildman–Crippen LogP) is 1.12. The van der Waals surface area contributed by atoms with Crippen molar-refractivity contribution in [3.63, 3.8) is 0 Å². The second-order valence-electron chi connectivity index (χ2n) is 9.00. The fraction of sp³-hybridized carbons (Fsp3) is 0.583. The Morgan fingerprint density at radius 1 is 0.914 bits per heavy atom. The van der Waals surface area contributed by atoms with Crippen molar-refractivity contribution < 1.29 is 28.7 Å². The summed E-state index contributed by atoms with van der Waals surface area (Å²) < 4.78 is 10.1. The maximum Gasteiger partial charge on any atom is 0.328 e. The summed E-state index contributed by atoms with van der Waals surface area (Å²) in [5.74, 6) is -0.492. The maximum atomic E-state index is 13.4. The molecule has 11 nitrogen and oxygen atoms in total. The van der Waals surface area contributed by atoms with Gasteiger partial charge in [-0.25, -0.2) is 14.4 Å². The molecule has 0 spiro atoms. The van der Waals surface area contributed by atoms with Crippen LogP contribution in [0.2, 0.25) is 0 Å². The molecule has 1 aromatic rings. The lowest BCUT2D eigenvalue weighted by Crippen LogP contribution is -2.65. The second-order valence-corrected chi connectivity index (χ2v) is 9.00. The summed E-state index contributed by atoms with van der Waals surface area (Å²) in [5.41, 5.74) is 0.789. The summed E-state index contributed by atoms with van der Waals surface area (Å²) in [6.45, 7) is 7.77. The molecule has 0 radical (unpaired) electrons. The predicted molar refractivity (Wildman–Crippen MR) is 130 cm³/mol. The minimum Gasteiger partial charge on any atom is -0.497 e. The van der Waals surface area contributed by atoms with Gasteiger partial charge in [-0.2, -0.15) is 0 Å². The lowest BCUT2D eigenvalue weighted by atomic mass is 10.0. The summed E-state index contributed by atoms with van der Waals surface area (Å²) in [5, 5.41) is 8.33. The van der Waals surface area contributed by atoms with E-state index in [1.54, 1.807) is 31.4 Å². The number of methoxy groups -OCH3 is 2. The van der Waals surface area contributed by atoms with E-state index in [9.17, 15) is 19.2 Å². The van der Waals surface area contributed by atoms with Gasteiger partial charge in [0, 0.05) is 31.6 Å². The van der Waals surface area contributed by atoms with Crippen molar-refractivity contribution in [3.8, 4) is 5.75 Å². The van der Waals surface area contributed by atoms with Crippen molar-refractivity contribution >= 4 is 23.9 Å². The Kier molecular flexibility index (Phi) is 10.2. The number of carbonyl (C=O) groups is 4. The van der Waals surface area contributed by atoms with E-state index in [2.05, 4.69) is 16.0 Å². The van der Waals surface area contributed by atoms with Crippen LogP contribution in [0, 0.1) is 0 Å². The van der Waals surface area contributed by atoms with E-state index in [-0.39, 0.29) is 44.2 Å². The average Bonchev–Trinajstić information content (AvgIpc) is 2.82. The molecule has 2 unspecified atom stereocenters. The van der Waals surface area contributed by atoms with Crippen LogP contribution in [0.25, 0.3) is 0 Å². The molecule has 35 heavy (non-hydrogen) atoms. The molecule has 1 aliphatic rings. The zero-order valence-electron chi connectivity index (χ0n) is 21.3. The summed E-state index contributed by atoms with van der Waals surface area (Å²) in [6.07, 6.45) is 0.185. The zero-order chi connectivity index (χ0) is 26.1. The third-order valence-electron chi connectivity index (χ3n) is 5.46. The molecule has 194 valence electrons. The molecule has 1 fully saturated rings. The molecule has 1 heterocycles. The number of nitrogens with one attached hydrogen (secondary N) is 3. The van der Waals surface area contributed by atoms with Crippen LogP contribution >= 0.6 is 0 Å². The first-order valence-electron chi connectivity index (χ1n) is 11.7. The molecule has 0 bridgehead atoms. The lowest BCUT2D eigenvalue weighted by Gasteiger charge is -2.41. The second kappa shape index (κ2) is 12.8. The minimum absolute atomic E-state index is 0.00761. The minimum atomic E-state index is -0.983. The maximum absolute atomic E-state index is 13.4. The highest BCUT2D eigenvalue weighted by atomic mass is 16.5. The number of amides is 5. The van der Waals surface area contributed by atoms with Crippen molar-refractivity contribution in [1.29, 1.82) is 0 Å². The van der Waals surface area contributed by atoms with Crippen LogP contribution in [-0.2, 0) is 20.7 Å². The number of rotatable bonds is 8. The largest absolute Gasteiger partial charge is 0.497 e. The van der Waals surface area contributed by atoms with E-state index in [1.807, 2.05) is 27.7 Å². The topological polar surface area (TPSA) is 129 Å². The number of urea groups is 2. The van der Waals surface area contributed by atoms with Gasteiger partial charge in [-0.15, -0.1) is 0 Å². The number of esters is 1. The summed E-state index contributed by atoms with van der Waals surface area (Å²) in [7, 11) is 2.80. The Bertz CT molecular complexity index is 889. The zero-order valence-corrected chi connectivity index (χ0v) is 21.3. The first kappa shape index (κ1) is 27.7. The van der Waals surface area contributed by atoms with Gasteiger partial charge in [-0.05, 0) is 45.4 Å². The van der Waals surface area contributed by atoms with Crippen LogP contribution in [0.1, 0.15) is 33.3 Å². The Labute approximate surface area is 206 Å². The normalized spacial score (nSPS) is 16.5. The number of ether oxygens (including phenoxy) is 2. The molecule has 1 aliphatic heterocycles. The smallest absolute Gasteiger partial charge is 0.328 e. The highest BCUT2D eigenvalue weighted by Gasteiger charge is 2.38. The molecule has 2 rings (SSSR count). The number of benzene rings is 1. The van der Waals surface area contributed by atoms with E-state index in [0.29, 0.717) is 5.75 Å². The van der Waals surface area contributed by atoms with Crippen LogP contribution in [0.4, 0.5) is 9.59 Å². The Morgan fingerprint density at radius 2 is 1.51 bits per heavy atom. The Hall–Kier alpha value is -3.50. The molecular formula is C24H37N5O6. The first-order valence-corrected chi connectivity index (χ1v) is 11.7. The van der Waals surface area contributed by atoms with Crippen LogP contribution < -0.4 is 20.7 Å². The molecule has 2 atom stereocenters. The molecular weight excluding hydrogens is 454 g/mol. The molecule has 1 saturated heterocycles. The monoisotopic (exact) mass is 491 g/mol. The third-order valence-corrected chi connectivity index (χ3v) is 5.46. The van der Waals surface area contributed by atoms with Crippen molar-refractivity contribution in [1.82, 2.24) is 25.8 Å². The molecule has 11 heteroatoms. The molecule has 3 N–H and O–H groups in total. The highest BCUT2D eigenvalue weighted by molar-refractivity contribution is 5.91. The van der Waals surface area contributed by atoms with E-state index in [0.717, 1.165) is 5.56 Å². The van der Waals surface area contributed by atoms with Crippen LogP contribution in [0.3, 0.4) is 0 Å². The number of piperazine rings is 1. The van der Waals surface area contributed by atoms with Gasteiger partial charge in [0.05, 0.1) is 20.8 Å². The quantitative estimate of drug-likeness (QED) is 0.468. The van der Waals surface area contributed by atoms with Crippen molar-refractivity contribution in [3.05, 3.63) is 29.8 Å². The summed E-state index contributed by atoms with van der Waals surface area (Å²) >= 11 is 0. The van der Waals surface area contributed by atoms with Gasteiger partial charge in [0.15, 0.2) is 0 Å². The Morgan fingerprint density at radius 3 is 2.06 bits per heavy atom. The van der Waals surface area contributed by atoms with Gasteiger partial charge in [0.2, 0.25) is 5.91 Å². The van der Waals surface area contributed by atoms with Gasteiger partial charge in [-0.1, -0.05) is 12.1 Å². The molecule has 0 saturated carbocycles. The molecule has 0 aromatic heterocycles. The molecule has 1 aromatic carbocycles. The Balaban J connectivity index is 2.23. The fourth-order valence-electron chi connectivity index (χ4n) is 3.70. The van der Waals surface area contributed by atoms with Gasteiger partial charge in [0.25, 0.3) is 0 Å². The van der Waals surface area contributed by atoms with Gasteiger partial charge < -0.3 is 35.2 Å². The average molecular weight is 492 g/mol. The van der Waals surface area contributed by atoms with E-state index in [4.69, 9.17) is 9.47 Å². The van der Waals surface area contributed by atoms with Gasteiger partial charge in [-0.3, -0.25) is 4.79 Å². The third kappa shape index (κ3) is 8.04. The standard InChI is InChI=1S/C24H37N5O6/c1-15(2)25-23(32)28-11-12-29(24(33)26-16(3)4)20(14-28)21(30)27-19(22(31)35-6)13-17-7-9-18(34-5)10-8-17/h7-10,15-16,19-20H,11-14H2,1-6H3,(H,25,32)(H,26,33)(H,27,30). The van der Waals surface area contributed by atoms with Crippen LogP contribution in [0.5, 0.6) is 5.75 Å². The number of carbonyl (C=O) groups excluding carboxylic acids is 4. The van der Waals surface area contributed by atoms with E-state index < -0.39 is 30.0 Å². The van der Waals surface area contributed by atoms with Crippen molar-refractivity contribution in [2.75, 3.05) is 33.9 Å². The van der Waals surface area contributed by atoms with Crippen LogP contribution in [-0.4, -0.2) is 91.8 Å². The number of nitrogens with zero attached hydrogens (tertiary/aromatic N) is 2. The number of hydrogen-bond donors (Lipinski definition) is 3. The number of hydrogen-bond acceptors (Lipinski definition) is 6. The van der Waals surface area contributed by atoms with Crippen LogP contribution in [0.15, 0.2) is 24.3 Å². The highest BCUT2D eigenvalue weighted by Crippen LogP contribution is 2.15. The fourth-order valence-corrected chi connectivity index (χ4v) is 3.70. The van der Waals surface area contributed by atoms with Crippen molar-refractivity contribution in [2.24, 2.45) is 0 Å². The first-order chi connectivity index (χ1) is 16.5. The van der Waals surface area contributed by atoms with Crippen molar-refractivity contribution in [2.45, 2.75) is 58.3 Å². The van der Waals surface area contributed by atoms with Gasteiger partial charge >= 0.3 is 18.0 Å². The summed E-state index contributed by atoms with van der Waals surface area (Å²) in [4.78, 5) is 54.2. The van der Waals surface area contributed by atoms with Gasteiger partial charge in [0.1, 0.15) is 17.8 Å². The van der Waals surface area contributed by atoms with E-state index in [1.165, 1.54) is 16.9 Å². The van der Waals surface area contributed by atoms with E-state index >= 15 is 0 Å².